The van der Waals surface area contributed by atoms with Gasteiger partial charge in [-0.05, 0) is 41.5 Å². The minimum Gasteiger partial charge on any atom is -0.478 e. The summed E-state index contributed by atoms with van der Waals surface area (Å²) in [7, 11) is 2.08. The number of carbonyl (C=O) groups is 1. The van der Waals surface area contributed by atoms with Gasteiger partial charge in [0.2, 0.25) is 0 Å². The standard InChI is InChI=1S/C18H19NO2/c1-5-15-18(2,3)16-13-8-6-12(17(20)21)10-11(13)7-9-14(16)19(15)4/h5-10H,1-4H3,(H,20,21)/b15-5+. The number of fused-ring (bicyclic) bond motifs is 3. The summed E-state index contributed by atoms with van der Waals surface area (Å²) in [4.78, 5) is 13.4. The Morgan fingerprint density at radius 1 is 1.24 bits per heavy atom. The third kappa shape index (κ3) is 1.77. The van der Waals surface area contributed by atoms with Crippen LogP contribution in [0.3, 0.4) is 0 Å². The maximum atomic E-state index is 11.1. The van der Waals surface area contributed by atoms with Gasteiger partial charge in [-0.15, -0.1) is 0 Å². The number of likely N-dealkylation sites (N-methyl/N-ethyl adjacent to an activating group) is 1. The first-order valence-corrected chi connectivity index (χ1v) is 7.09. The van der Waals surface area contributed by atoms with Crippen LogP contribution in [0.15, 0.2) is 42.1 Å². The van der Waals surface area contributed by atoms with Gasteiger partial charge in [-0.3, -0.25) is 0 Å². The van der Waals surface area contributed by atoms with Crippen molar-refractivity contribution >= 4 is 22.4 Å². The molecule has 2 aromatic carbocycles. The average Bonchev–Trinajstić information content (AvgIpc) is 2.64. The fraction of sp³-hybridized carbons (Fsp3) is 0.278. The number of aromatic carboxylic acids is 1. The van der Waals surface area contributed by atoms with Crippen molar-refractivity contribution in [2.45, 2.75) is 26.2 Å². The molecule has 0 fully saturated rings. The molecule has 0 saturated heterocycles. The number of nitrogens with zero attached hydrogens (tertiary/aromatic N) is 1. The highest BCUT2D eigenvalue weighted by Gasteiger charge is 2.39. The number of anilines is 1. The Morgan fingerprint density at radius 3 is 2.57 bits per heavy atom. The van der Waals surface area contributed by atoms with Crippen LogP contribution in [-0.2, 0) is 5.41 Å². The number of hydrogen-bond acceptors (Lipinski definition) is 2. The number of carboxylic acids is 1. The molecule has 1 heterocycles. The maximum Gasteiger partial charge on any atom is 0.335 e. The average molecular weight is 281 g/mol. The lowest BCUT2D eigenvalue weighted by molar-refractivity contribution is 0.0697. The predicted octanol–water partition coefficient (Wildman–Crippen LogP) is 4.17. The van der Waals surface area contributed by atoms with E-state index in [1.165, 1.54) is 16.9 Å². The molecular formula is C18H19NO2. The third-order valence-corrected chi connectivity index (χ3v) is 4.51. The van der Waals surface area contributed by atoms with Crippen LogP contribution in [0.5, 0.6) is 0 Å². The molecule has 1 aliphatic heterocycles. The molecule has 0 aliphatic carbocycles. The number of benzene rings is 2. The largest absolute Gasteiger partial charge is 0.478 e. The first-order chi connectivity index (χ1) is 9.87. The van der Waals surface area contributed by atoms with Crippen molar-refractivity contribution in [3.05, 3.63) is 53.2 Å². The zero-order valence-electron chi connectivity index (χ0n) is 12.8. The molecule has 108 valence electrons. The summed E-state index contributed by atoms with van der Waals surface area (Å²) in [6.07, 6.45) is 2.15. The zero-order chi connectivity index (χ0) is 15.4. The van der Waals surface area contributed by atoms with Crippen LogP contribution in [-0.4, -0.2) is 18.1 Å². The molecule has 0 spiro atoms. The van der Waals surface area contributed by atoms with Crippen molar-refractivity contribution in [3.63, 3.8) is 0 Å². The normalized spacial score (nSPS) is 18.3. The molecule has 0 radical (unpaired) electrons. The fourth-order valence-electron chi connectivity index (χ4n) is 3.62. The Bertz CT molecular complexity index is 787. The summed E-state index contributed by atoms with van der Waals surface area (Å²) in [6, 6.07) is 9.47. The van der Waals surface area contributed by atoms with E-state index in [4.69, 9.17) is 5.11 Å². The van der Waals surface area contributed by atoms with Gasteiger partial charge >= 0.3 is 5.97 Å². The van der Waals surface area contributed by atoms with E-state index in [-0.39, 0.29) is 5.41 Å². The molecule has 0 saturated carbocycles. The predicted molar refractivity (Wildman–Crippen MR) is 86.1 cm³/mol. The lowest BCUT2D eigenvalue weighted by atomic mass is 9.81. The van der Waals surface area contributed by atoms with Crippen LogP contribution in [0.1, 0.15) is 36.7 Å². The Labute approximate surface area is 124 Å². The van der Waals surface area contributed by atoms with Crippen molar-refractivity contribution in [3.8, 4) is 0 Å². The highest BCUT2D eigenvalue weighted by molar-refractivity contribution is 5.99. The molecule has 3 heteroatoms. The summed E-state index contributed by atoms with van der Waals surface area (Å²) >= 11 is 0. The second kappa shape index (κ2) is 4.35. The van der Waals surface area contributed by atoms with Crippen LogP contribution in [0.2, 0.25) is 0 Å². The van der Waals surface area contributed by atoms with Gasteiger partial charge in [0.05, 0.1) is 5.56 Å². The molecule has 0 unspecified atom stereocenters. The number of hydrogen-bond donors (Lipinski definition) is 1. The van der Waals surface area contributed by atoms with E-state index < -0.39 is 5.97 Å². The Morgan fingerprint density at radius 2 is 1.95 bits per heavy atom. The van der Waals surface area contributed by atoms with Crippen LogP contribution in [0.25, 0.3) is 10.8 Å². The van der Waals surface area contributed by atoms with Gasteiger partial charge in [0.25, 0.3) is 0 Å². The van der Waals surface area contributed by atoms with E-state index in [1.807, 2.05) is 12.1 Å². The van der Waals surface area contributed by atoms with Gasteiger partial charge in [0, 0.05) is 23.8 Å². The summed E-state index contributed by atoms with van der Waals surface area (Å²) < 4.78 is 0. The monoisotopic (exact) mass is 281 g/mol. The summed E-state index contributed by atoms with van der Waals surface area (Å²) in [5.41, 5.74) is 3.99. The van der Waals surface area contributed by atoms with Gasteiger partial charge in [-0.2, -0.15) is 0 Å². The third-order valence-electron chi connectivity index (χ3n) is 4.51. The van der Waals surface area contributed by atoms with E-state index in [0.29, 0.717) is 5.56 Å². The van der Waals surface area contributed by atoms with Crippen LogP contribution >= 0.6 is 0 Å². The van der Waals surface area contributed by atoms with Crippen LogP contribution in [0.4, 0.5) is 5.69 Å². The Kier molecular flexibility index (Phi) is 2.84. The van der Waals surface area contributed by atoms with Gasteiger partial charge in [0.15, 0.2) is 0 Å². The molecule has 0 amide bonds. The van der Waals surface area contributed by atoms with Gasteiger partial charge in [0.1, 0.15) is 0 Å². The highest BCUT2D eigenvalue weighted by Crippen LogP contribution is 2.49. The first kappa shape index (κ1) is 13.7. The molecule has 0 atom stereocenters. The molecule has 3 rings (SSSR count). The summed E-state index contributed by atoms with van der Waals surface area (Å²) in [5.74, 6) is -0.886. The van der Waals surface area contributed by atoms with E-state index in [2.05, 4.69) is 44.9 Å². The van der Waals surface area contributed by atoms with Gasteiger partial charge < -0.3 is 10.0 Å². The smallest absolute Gasteiger partial charge is 0.335 e. The lowest BCUT2D eigenvalue weighted by Gasteiger charge is -2.24. The second-order valence-corrected chi connectivity index (χ2v) is 6.06. The minimum atomic E-state index is -0.886. The number of allylic oxidation sites excluding steroid dienone is 2. The topological polar surface area (TPSA) is 40.5 Å². The molecular weight excluding hydrogens is 262 g/mol. The summed E-state index contributed by atoms with van der Waals surface area (Å²) in [6.45, 7) is 6.49. The van der Waals surface area contributed by atoms with Crippen molar-refractivity contribution in [2.75, 3.05) is 11.9 Å². The van der Waals surface area contributed by atoms with Gasteiger partial charge in [-0.1, -0.05) is 32.1 Å². The molecule has 0 bridgehead atoms. The van der Waals surface area contributed by atoms with E-state index >= 15 is 0 Å². The molecule has 1 N–H and O–H groups in total. The Hall–Kier alpha value is -2.29. The lowest BCUT2D eigenvalue weighted by Crippen LogP contribution is -2.22. The van der Waals surface area contributed by atoms with Crippen LogP contribution < -0.4 is 4.90 Å². The second-order valence-electron chi connectivity index (χ2n) is 6.06. The Balaban J connectivity index is 2.35. The van der Waals surface area contributed by atoms with E-state index in [0.717, 1.165) is 10.8 Å². The highest BCUT2D eigenvalue weighted by atomic mass is 16.4. The zero-order valence-corrected chi connectivity index (χ0v) is 12.8. The molecule has 0 aromatic heterocycles. The van der Waals surface area contributed by atoms with Crippen molar-refractivity contribution < 1.29 is 9.90 Å². The first-order valence-electron chi connectivity index (χ1n) is 7.09. The van der Waals surface area contributed by atoms with Crippen molar-refractivity contribution in [1.82, 2.24) is 0 Å². The molecule has 1 aliphatic rings. The van der Waals surface area contributed by atoms with Crippen molar-refractivity contribution in [1.29, 1.82) is 0 Å². The number of carboxylic acid groups (broad SMARTS) is 1. The quantitative estimate of drug-likeness (QED) is 0.853. The molecule has 3 nitrogen and oxygen atoms in total. The van der Waals surface area contributed by atoms with Crippen molar-refractivity contribution in [2.24, 2.45) is 0 Å². The maximum absolute atomic E-state index is 11.1. The number of rotatable bonds is 1. The molecule has 21 heavy (non-hydrogen) atoms. The SMILES string of the molecule is C/C=C1/N(C)c2ccc3cc(C(=O)O)ccc3c2C1(C)C. The summed E-state index contributed by atoms with van der Waals surface area (Å²) in [5, 5.41) is 11.3. The fourth-order valence-corrected chi connectivity index (χ4v) is 3.62. The van der Waals surface area contributed by atoms with E-state index in [9.17, 15) is 4.79 Å². The van der Waals surface area contributed by atoms with Gasteiger partial charge in [-0.25, -0.2) is 4.79 Å². The minimum absolute atomic E-state index is 0.0803. The molecule has 2 aromatic rings. The van der Waals surface area contributed by atoms with Crippen LogP contribution in [0, 0.1) is 0 Å². The van der Waals surface area contributed by atoms with E-state index in [1.54, 1.807) is 12.1 Å².